The highest BCUT2D eigenvalue weighted by Crippen LogP contribution is 2.36. The van der Waals surface area contributed by atoms with Crippen LogP contribution < -0.4 is 4.74 Å². The van der Waals surface area contributed by atoms with Gasteiger partial charge in [-0.3, -0.25) is 14.5 Å². The smallest absolute Gasteiger partial charge is 0.373 e. The Bertz CT molecular complexity index is 1590. The van der Waals surface area contributed by atoms with Gasteiger partial charge in [0.1, 0.15) is 18.1 Å². The van der Waals surface area contributed by atoms with Crippen molar-refractivity contribution in [3.05, 3.63) is 101 Å². The van der Waals surface area contributed by atoms with E-state index in [2.05, 4.69) is 80.3 Å². The van der Waals surface area contributed by atoms with Crippen LogP contribution in [0.1, 0.15) is 27.4 Å². The lowest BCUT2D eigenvalue weighted by Gasteiger charge is -2.12. The van der Waals surface area contributed by atoms with Crippen LogP contribution in [0.15, 0.2) is 76.1 Å². The van der Waals surface area contributed by atoms with Gasteiger partial charge >= 0.3 is 5.97 Å². The van der Waals surface area contributed by atoms with Crippen LogP contribution in [-0.2, 0) is 22.7 Å². The number of thioether (sulfide) groups is 1. The minimum Gasteiger partial charge on any atom is -0.487 e. The minimum absolute atomic E-state index is 0.0112. The lowest BCUT2D eigenvalue weighted by Crippen LogP contribution is -2.27. The van der Waals surface area contributed by atoms with Gasteiger partial charge in [0.2, 0.25) is 5.76 Å². The third-order valence-electron chi connectivity index (χ3n) is 5.75. The van der Waals surface area contributed by atoms with Gasteiger partial charge in [0.25, 0.3) is 11.1 Å². The van der Waals surface area contributed by atoms with Crippen molar-refractivity contribution in [2.24, 2.45) is 0 Å². The summed E-state index contributed by atoms with van der Waals surface area (Å²) in [6.45, 7) is 0.356. The Morgan fingerprint density at radius 3 is 2.47 bits per heavy atom. The molecule has 0 radical (unpaired) electrons. The lowest BCUT2D eigenvalue weighted by atomic mass is 10.1. The maximum Gasteiger partial charge on any atom is 0.373 e. The van der Waals surface area contributed by atoms with E-state index in [1.807, 2.05) is 24.3 Å². The summed E-state index contributed by atoms with van der Waals surface area (Å²) in [6.07, 6.45) is 1.70. The second-order valence-corrected chi connectivity index (χ2v) is 11.6. The number of furan rings is 1. The maximum atomic E-state index is 13.0. The van der Waals surface area contributed by atoms with Crippen LogP contribution in [0.4, 0.5) is 4.79 Å². The Hall–Kier alpha value is -2.84. The number of imide groups is 1. The second kappa shape index (κ2) is 11.5. The van der Waals surface area contributed by atoms with E-state index in [1.165, 1.54) is 23.9 Å². The molecule has 10 heteroatoms. The van der Waals surface area contributed by atoms with E-state index in [4.69, 9.17) is 9.15 Å². The van der Waals surface area contributed by atoms with E-state index >= 15 is 0 Å². The molecule has 0 unspecified atom stereocenters. The van der Waals surface area contributed by atoms with Crippen molar-refractivity contribution < 1.29 is 28.3 Å². The van der Waals surface area contributed by atoms with Gasteiger partial charge in [0.15, 0.2) is 0 Å². The molecule has 2 amide bonds. The summed E-state index contributed by atoms with van der Waals surface area (Å²) in [5, 5.41) is 1.94. The van der Waals surface area contributed by atoms with Crippen LogP contribution in [-0.4, -0.2) is 29.1 Å². The topological polar surface area (TPSA) is 86.0 Å². The molecule has 0 aliphatic carbocycles. The molecular weight excluding hydrogens is 732 g/mol. The molecule has 1 saturated heterocycles. The van der Waals surface area contributed by atoms with Gasteiger partial charge in [-0.25, -0.2) is 4.79 Å². The summed E-state index contributed by atoms with van der Waals surface area (Å²) >= 11 is 5.30. The predicted octanol–water partition coefficient (Wildman–Crippen LogP) is 7.24. The van der Waals surface area contributed by atoms with Crippen LogP contribution in [0.2, 0.25) is 0 Å². The highest BCUT2D eigenvalue weighted by Gasteiger charge is 2.36. The first-order chi connectivity index (χ1) is 18.3. The van der Waals surface area contributed by atoms with Crippen LogP contribution in [0.5, 0.6) is 5.75 Å². The standard InChI is InChI=1S/C28H19I2NO6S/c1-35-27(33)23-9-8-20(37-23)14-31-26(32)24(38-28(31)34)13-17-11-21(29)25(22(30)12-17)36-15-16-6-7-18-4-2-3-5-19(18)10-16/h2-13H,14-15H2,1H3/b24-13+. The third kappa shape index (κ3) is 5.76. The molecule has 4 aromatic rings. The number of methoxy groups -OCH3 is 1. The summed E-state index contributed by atoms with van der Waals surface area (Å²) in [7, 11) is 1.25. The number of esters is 1. The number of halogens is 2. The molecular formula is C28H19I2NO6S. The molecule has 0 bridgehead atoms. The van der Waals surface area contributed by atoms with Crippen molar-refractivity contribution in [1.82, 2.24) is 4.90 Å². The molecule has 0 spiro atoms. The van der Waals surface area contributed by atoms with Gasteiger partial charge < -0.3 is 13.9 Å². The predicted molar refractivity (Wildman–Crippen MR) is 162 cm³/mol. The van der Waals surface area contributed by atoms with E-state index < -0.39 is 17.1 Å². The number of carbonyl (C=O) groups is 3. The van der Waals surface area contributed by atoms with Gasteiger partial charge in [-0.15, -0.1) is 0 Å². The molecule has 38 heavy (non-hydrogen) atoms. The fourth-order valence-electron chi connectivity index (χ4n) is 3.90. The Labute approximate surface area is 249 Å². The number of ether oxygens (including phenoxy) is 2. The zero-order chi connectivity index (χ0) is 26.8. The minimum atomic E-state index is -0.626. The molecule has 1 aliphatic rings. The van der Waals surface area contributed by atoms with Crippen molar-refractivity contribution in [1.29, 1.82) is 0 Å². The monoisotopic (exact) mass is 751 g/mol. The maximum absolute atomic E-state index is 13.0. The largest absolute Gasteiger partial charge is 0.487 e. The SMILES string of the molecule is COC(=O)c1ccc(CN2C(=O)S/C(=C/c3cc(I)c(OCc4ccc5ccccc5c4)c(I)c3)C2=O)o1. The van der Waals surface area contributed by atoms with Crippen molar-refractivity contribution in [3.63, 3.8) is 0 Å². The number of rotatable bonds is 7. The molecule has 3 aromatic carbocycles. The normalized spacial score (nSPS) is 14.5. The molecule has 0 N–H and O–H groups in total. The first-order valence-corrected chi connectivity index (χ1v) is 14.3. The van der Waals surface area contributed by atoms with E-state index in [-0.39, 0.29) is 12.3 Å². The van der Waals surface area contributed by atoms with E-state index in [9.17, 15) is 14.4 Å². The fraction of sp³-hybridized carbons (Fsp3) is 0.107. The van der Waals surface area contributed by atoms with Crippen LogP contribution >= 0.6 is 56.9 Å². The third-order valence-corrected chi connectivity index (χ3v) is 8.26. The van der Waals surface area contributed by atoms with E-state index in [0.29, 0.717) is 17.3 Å². The second-order valence-electron chi connectivity index (χ2n) is 8.31. The average Bonchev–Trinajstić information content (AvgIpc) is 3.48. The Balaban J connectivity index is 1.29. The van der Waals surface area contributed by atoms with Gasteiger partial charge in [0, 0.05) is 0 Å². The number of hydrogen-bond donors (Lipinski definition) is 0. The first kappa shape index (κ1) is 26.8. The number of amides is 2. The average molecular weight is 751 g/mol. The van der Waals surface area contributed by atoms with Crippen LogP contribution in [0.3, 0.4) is 0 Å². The summed E-state index contributed by atoms with van der Waals surface area (Å²) in [5.41, 5.74) is 1.86. The van der Waals surface area contributed by atoms with Crippen molar-refractivity contribution in [2.45, 2.75) is 13.2 Å². The molecule has 0 saturated carbocycles. The number of benzene rings is 3. The molecule has 0 atom stereocenters. The Morgan fingerprint density at radius 1 is 1.00 bits per heavy atom. The summed E-state index contributed by atoms with van der Waals surface area (Å²) < 4.78 is 18.0. The van der Waals surface area contributed by atoms with Gasteiger partial charge in [-0.2, -0.15) is 0 Å². The zero-order valence-electron chi connectivity index (χ0n) is 19.9. The van der Waals surface area contributed by atoms with Gasteiger partial charge in [-0.1, -0.05) is 36.4 Å². The van der Waals surface area contributed by atoms with Crippen molar-refractivity contribution in [2.75, 3.05) is 7.11 Å². The van der Waals surface area contributed by atoms with Gasteiger partial charge in [0.05, 0.1) is 25.7 Å². The quantitative estimate of drug-likeness (QED) is 0.112. The van der Waals surface area contributed by atoms with Crippen molar-refractivity contribution >= 4 is 90.9 Å². The van der Waals surface area contributed by atoms with E-state index in [0.717, 1.165) is 40.7 Å². The van der Waals surface area contributed by atoms with E-state index in [1.54, 1.807) is 12.1 Å². The number of hydrogen-bond acceptors (Lipinski definition) is 7. The summed E-state index contributed by atoms with van der Waals surface area (Å²) in [6, 6.07) is 21.3. The number of fused-ring (bicyclic) bond motifs is 1. The highest BCUT2D eigenvalue weighted by molar-refractivity contribution is 14.1. The molecule has 1 aliphatic heterocycles. The number of nitrogens with zero attached hydrogens (tertiary/aromatic N) is 1. The molecule has 192 valence electrons. The fourth-order valence-corrected chi connectivity index (χ4v) is 6.87. The Kier molecular flexibility index (Phi) is 8.09. The lowest BCUT2D eigenvalue weighted by molar-refractivity contribution is -0.123. The van der Waals surface area contributed by atoms with Crippen molar-refractivity contribution in [3.8, 4) is 5.75 Å². The molecule has 5 rings (SSSR count). The number of carbonyl (C=O) groups excluding carboxylic acids is 3. The molecule has 2 heterocycles. The van der Waals surface area contributed by atoms with Crippen LogP contribution in [0, 0.1) is 7.14 Å². The van der Waals surface area contributed by atoms with Crippen LogP contribution in [0.25, 0.3) is 16.8 Å². The molecule has 7 nitrogen and oxygen atoms in total. The molecule has 1 aromatic heterocycles. The Morgan fingerprint density at radius 2 is 1.74 bits per heavy atom. The highest BCUT2D eigenvalue weighted by atomic mass is 127. The summed E-state index contributed by atoms with van der Waals surface area (Å²) in [5.74, 6) is 0.0451. The van der Waals surface area contributed by atoms with Gasteiger partial charge in [-0.05, 0) is 115 Å². The first-order valence-electron chi connectivity index (χ1n) is 11.3. The molecule has 1 fully saturated rings. The zero-order valence-corrected chi connectivity index (χ0v) is 25.0. The summed E-state index contributed by atoms with van der Waals surface area (Å²) in [4.78, 5) is 38.5.